The average molecular weight is 248 g/mol. The van der Waals surface area contributed by atoms with E-state index in [-0.39, 0.29) is 0 Å². The molecule has 0 aliphatic carbocycles. The number of aryl methyl sites for hydroxylation is 2. The van der Waals surface area contributed by atoms with Crippen molar-refractivity contribution in [3.63, 3.8) is 0 Å². The van der Waals surface area contributed by atoms with Crippen molar-refractivity contribution in [2.24, 2.45) is 0 Å². The Hall–Kier alpha value is -1.53. The summed E-state index contributed by atoms with van der Waals surface area (Å²) in [5.74, 6) is 1.04. The van der Waals surface area contributed by atoms with Gasteiger partial charge in [0.15, 0.2) is 0 Å². The van der Waals surface area contributed by atoms with E-state index in [1.807, 2.05) is 18.2 Å². The maximum Gasteiger partial charge on any atom is 0.109 e. The van der Waals surface area contributed by atoms with Crippen molar-refractivity contribution >= 4 is 22.6 Å². The molecule has 0 aliphatic rings. The second kappa shape index (κ2) is 5.20. The number of unbranched alkanes of at least 4 members (excludes halogenated alkanes) is 1. The molecule has 0 fully saturated rings. The van der Waals surface area contributed by atoms with E-state index in [2.05, 4.69) is 22.5 Å². The van der Waals surface area contributed by atoms with Gasteiger partial charge >= 0.3 is 0 Å². The van der Waals surface area contributed by atoms with Gasteiger partial charge in [0.05, 0.1) is 17.1 Å². The first-order valence-corrected chi connectivity index (χ1v) is 6.15. The number of hydrogen-bond donors (Lipinski definition) is 0. The largest absolute Gasteiger partial charge is 0.328 e. The monoisotopic (exact) mass is 247 g/mol. The highest BCUT2D eigenvalue weighted by atomic mass is 35.5. The maximum absolute atomic E-state index is 8.55. The summed E-state index contributed by atoms with van der Waals surface area (Å²) in [5.41, 5.74) is 2.05. The van der Waals surface area contributed by atoms with E-state index in [1.54, 1.807) is 0 Å². The van der Waals surface area contributed by atoms with Gasteiger partial charge in [0.2, 0.25) is 0 Å². The quantitative estimate of drug-likeness (QED) is 0.776. The van der Waals surface area contributed by atoms with Crippen molar-refractivity contribution in [3.05, 3.63) is 29.0 Å². The molecule has 2 rings (SSSR count). The fourth-order valence-electron chi connectivity index (χ4n) is 2.02. The molecule has 0 bridgehead atoms. The number of hydrogen-bond acceptors (Lipinski definition) is 2. The topological polar surface area (TPSA) is 41.6 Å². The highest BCUT2D eigenvalue weighted by Gasteiger charge is 2.09. The van der Waals surface area contributed by atoms with Gasteiger partial charge in [0.1, 0.15) is 5.82 Å². The number of nitrogens with zero attached hydrogens (tertiary/aromatic N) is 3. The SMILES string of the molecule is CCn1c(CCCC#N)nc2cc(Cl)ccc21. The number of nitriles is 1. The van der Waals surface area contributed by atoms with Crippen LogP contribution in [0.5, 0.6) is 0 Å². The zero-order chi connectivity index (χ0) is 12.3. The normalized spacial score (nSPS) is 10.6. The summed E-state index contributed by atoms with van der Waals surface area (Å²) < 4.78 is 2.18. The Morgan fingerprint density at radius 3 is 3.00 bits per heavy atom. The summed E-state index contributed by atoms with van der Waals surface area (Å²) in [6.07, 6.45) is 2.27. The Balaban J connectivity index is 2.38. The molecule has 0 saturated carbocycles. The summed E-state index contributed by atoms with van der Waals surface area (Å²) in [6.45, 7) is 2.99. The molecule has 2 aromatic rings. The van der Waals surface area contributed by atoms with Gasteiger partial charge in [-0.2, -0.15) is 5.26 Å². The van der Waals surface area contributed by atoms with Crippen molar-refractivity contribution in [1.82, 2.24) is 9.55 Å². The second-order valence-electron chi connectivity index (χ2n) is 3.92. The van der Waals surface area contributed by atoms with Gasteiger partial charge in [0, 0.05) is 24.4 Å². The summed E-state index contributed by atoms with van der Waals surface area (Å²) in [4.78, 5) is 4.59. The van der Waals surface area contributed by atoms with E-state index >= 15 is 0 Å². The van der Waals surface area contributed by atoms with E-state index in [9.17, 15) is 0 Å². The van der Waals surface area contributed by atoms with Gasteiger partial charge in [-0.1, -0.05) is 11.6 Å². The Kier molecular flexibility index (Phi) is 3.65. The van der Waals surface area contributed by atoms with Gasteiger partial charge in [0.25, 0.3) is 0 Å². The smallest absolute Gasteiger partial charge is 0.109 e. The highest BCUT2D eigenvalue weighted by molar-refractivity contribution is 6.31. The van der Waals surface area contributed by atoms with Crippen LogP contribution in [0.25, 0.3) is 11.0 Å². The lowest BCUT2D eigenvalue weighted by molar-refractivity contribution is 0.688. The second-order valence-corrected chi connectivity index (χ2v) is 4.35. The molecule has 0 saturated heterocycles. The number of aromatic nitrogens is 2. The molecule has 0 amide bonds. The third-order valence-corrected chi connectivity index (χ3v) is 3.03. The van der Waals surface area contributed by atoms with Gasteiger partial charge < -0.3 is 4.57 Å². The molecule has 0 atom stereocenters. The van der Waals surface area contributed by atoms with Crippen LogP contribution >= 0.6 is 11.6 Å². The lowest BCUT2D eigenvalue weighted by Crippen LogP contribution is -2.01. The number of halogens is 1. The van der Waals surface area contributed by atoms with Crippen LogP contribution in [-0.4, -0.2) is 9.55 Å². The van der Waals surface area contributed by atoms with Crippen LogP contribution < -0.4 is 0 Å². The molecule has 0 aliphatic heterocycles. The van der Waals surface area contributed by atoms with Gasteiger partial charge in [-0.3, -0.25) is 0 Å². The number of rotatable bonds is 4. The first-order chi connectivity index (χ1) is 8.26. The van der Waals surface area contributed by atoms with Gasteiger partial charge in [-0.15, -0.1) is 0 Å². The summed E-state index contributed by atoms with van der Waals surface area (Å²) >= 11 is 5.96. The predicted octanol–water partition coefficient (Wildman–Crippen LogP) is 3.56. The van der Waals surface area contributed by atoms with E-state index in [1.165, 1.54) is 0 Å². The summed E-state index contributed by atoms with van der Waals surface area (Å²) in [7, 11) is 0. The molecule has 1 aromatic carbocycles. The van der Waals surface area contributed by atoms with Crippen molar-refractivity contribution in [1.29, 1.82) is 5.26 Å². The molecule has 1 aromatic heterocycles. The Morgan fingerprint density at radius 2 is 2.29 bits per heavy atom. The van der Waals surface area contributed by atoms with Gasteiger partial charge in [-0.05, 0) is 31.5 Å². The summed E-state index contributed by atoms with van der Waals surface area (Å²) in [5, 5.41) is 9.26. The molecule has 88 valence electrons. The van der Waals surface area contributed by atoms with Crippen LogP contribution in [-0.2, 0) is 13.0 Å². The number of fused-ring (bicyclic) bond motifs is 1. The minimum atomic E-state index is 0.577. The minimum Gasteiger partial charge on any atom is -0.328 e. The molecular formula is C13H14ClN3. The molecule has 0 N–H and O–H groups in total. The molecule has 3 nitrogen and oxygen atoms in total. The van der Waals surface area contributed by atoms with Crippen molar-refractivity contribution < 1.29 is 0 Å². The van der Waals surface area contributed by atoms with Crippen LogP contribution in [0.4, 0.5) is 0 Å². The number of imidazole rings is 1. The first-order valence-electron chi connectivity index (χ1n) is 5.78. The lowest BCUT2D eigenvalue weighted by atomic mass is 10.2. The molecular weight excluding hydrogens is 234 g/mol. The molecule has 17 heavy (non-hydrogen) atoms. The predicted molar refractivity (Wildman–Crippen MR) is 69.0 cm³/mol. The van der Waals surface area contributed by atoms with Crippen molar-refractivity contribution in [2.45, 2.75) is 32.7 Å². The Labute approximate surface area is 106 Å². The molecule has 1 heterocycles. The fraction of sp³-hybridized carbons (Fsp3) is 0.385. The highest BCUT2D eigenvalue weighted by Crippen LogP contribution is 2.21. The Bertz CT molecular complexity index is 566. The van der Waals surface area contributed by atoms with Crippen LogP contribution in [0, 0.1) is 11.3 Å². The lowest BCUT2D eigenvalue weighted by Gasteiger charge is -2.04. The van der Waals surface area contributed by atoms with Crippen molar-refractivity contribution in [3.8, 4) is 6.07 Å². The zero-order valence-electron chi connectivity index (χ0n) is 9.78. The zero-order valence-corrected chi connectivity index (χ0v) is 10.5. The molecule has 4 heteroatoms. The minimum absolute atomic E-state index is 0.577. The van der Waals surface area contributed by atoms with E-state index in [0.717, 1.165) is 36.2 Å². The third-order valence-electron chi connectivity index (χ3n) is 2.79. The molecule has 0 radical (unpaired) electrons. The van der Waals surface area contributed by atoms with E-state index < -0.39 is 0 Å². The standard InChI is InChI=1S/C13H14ClN3/c1-2-17-12-7-6-10(14)9-11(12)16-13(17)5-3-4-8-15/h6-7,9H,2-5H2,1H3. The first kappa shape index (κ1) is 11.9. The average Bonchev–Trinajstić information content (AvgIpc) is 2.66. The third kappa shape index (κ3) is 2.42. The van der Waals surface area contributed by atoms with Crippen LogP contribution in [0.3, 0.4) is 0 Å². The van der Waals surface area contributed by atoms with Gasteiger partial charge in [-0.25, -0.2) is 4.98 Å². The maximum atomic E-state index is 8.55. The van der Waals surface area contributed by atoms with Crippen molar-refractivity contribution in [2.75, 3.05) is 0 Å². The summed E-state index contributed by atoms with van der Waals surface area (Å²) in [6, 6.07) is 7.93. The number of benzene rings is 1. The van der Waals surface area contributed by atoms with Crippen LogP contribution in [0.15, 0.2) is 18.2 Å². The molecule has 0 spiro atoms. The fourth-order valence-corrected chi connectivity index (χ4v) is 2.19. The van der Waals surface area contributed by atoms with E-state index in [4.69, 9.17) is 16.9 Å². The Morgan fingerprint density at radius 1 is 1.47 bits per heavy atom. The van der Waals surface area contributed by atoms with Crippen LogP contribution in [0.2, 0.25) is 5.02 Å². The van der Waals surface area contributed by atoms with E-state index in [0.29, 0.717) is 11.4 Å². The van der Waals surface area contributed by atoms with Crippen LogP contribution in [0.1, 0.15) is 25.6 Å². The molecule has 0 unspecified atom stereocenters.